The van der Waals surface area contributed by atoms with Crippen molar-refractivity contribution in [2.45, 2.75) is 0 Å². The average molecular weight is 350 g/mol. The molecule has 23 heavy (non-hydrogen) atoms. The Hall–Kier alpha value is -2.30. The molecule has 0 radical (unpaired) electrons. The minimum atomic E-state index is -0.552. The zero-order valence-corrected chi connectivity index (χ0v) is 13.2. The van der Waals surface area contributed by atoms with Crippen molar-refractivity contribution in [2.24, 2.45) is 0 Å². The van der Waals surface area contributed by atoms with Crippen molar-refractivity contribution in [3.63, 3.8) is 0 Å². The lowest BCUT2D eigenvalue weighted by atomic mass is 10.2. The first kappa shape index (κ1) is 15.6. The van der Waals surface area contributed by atoms with E-state index in [1.807, 2.05) is 6.07 Å². The summed E-state index contributed by atoms with van der Waals surface area (Å²) in [6.07, 6.45) is 0. The topological polar surface area (TPSA) is 42.2 Å². The molecule has 3 aromatic rings. The molecule has 3 nitrogen and oxygen atoms in total. The fourth-order valence-corrected chi connectivity index (χ4v) is 2.44. The van der Waals surface area contributed by atoms with Gasteiger partial charge < -0.3 is 9.73 Å². The van der Waals surface area contributed by atoms with Crippen LogP contribution in [-0.4, -0.2) is 5.91 Å². The Morgan fingerprint density at radius 1 is 1.00 bits per heavy atom. The molecule has 6 heteroatoms. The molecule has 1 heterocycles. The van der Waals surface area contributed by atoms with Crippen LogP contribution in [0.2, 0.25) is 10.0 Å². The predicted octanol–water partition coefficient (Wildman–Crippen LogP) is 5.64. The summed E-state index contributed by atoms with van der Waals surface area (Å²) >= 11 is 11.8. The lowest BCUT2D eigenvalue weighted by Crippen LogP contribution is -2.10. The Morgan fingerprint density at radius 3 is 2.52 bits per heavy atom. The summed E-state index contributed by atoms with van der Waals surface area (Å²) in [4.78, 5) is 12.2. The first-order valence-corrected chi connectivity index (χ1v) is 7.41. The number of halogens is 3. The van der Waals surface area contributed by atoms with Crippen molar-refractivity contribution >= 4 is 34.8 Å². The number of carbonyl (C=O) groups is 1. The highest BCUT2D eigenvalue weighted by atomic mass is 35.5. The molecule has 2 aromatic carbocycles. The number of rotatable bonds is 3. The summed E-state index contributed by atoms with van der Waals surface area (Å²) in [5.41, 5.74) is 1.06. The van der Waals surface area contributed by atoms with Gasteiger partial charge in [-0.15, -0.1) is 0 Å². The molecule has 1 amide bonds. The largest absolute Gasteiger partial charge is 0.451 e. The number of hydrogen-bond donors (Lipinski definition) is 1. The van der Waals surface area contributed by atoms with Gasteiger partial charge in [-0.05, 0) is 42.5 Å². The van der Waals surface area contributed by atoms with Crippen LogP contribution in [-0.2, 0) is 0 Å². The van der Waals surface area contributed by atoms with Crippen LogP contribution in [0.1, 0.15) is 10.6 Å². The first-order chi connectivity index (χ1) is 11.0. The Kier molecular flexibility index (Phi) is 4.37. The van der Waals surface area contributed by atoms with E-state index in [1.54, 1.807) is 30.3 Å². The zero-order valence-electron chi connectivity index (χ0n) is 11.6. The minimum Gasteiger partial charge on any atom is -0.451 e. The molecular weight excluding hydrogens is 340 g/mol. The third kappa shape index (κ3) is 3.38. The normalized spacial score (nSPS) is 10.6. The fourth-order valence-electron chi connectivity index (χ4n) is 2.03. The third-order valence-corrected chi connectivity index (χ3v) is 3.77. The maximum Gasteiger partial charge on any atom is 0.291 e. The Morgan fingerprint density at radius 2 is 1.78 bits per heavy atom. The molecule has 1 N–H and O–H groups in total. The van der Waals surface area contributed by atoms with E-state index >= 15 is 0 Å². The van der Waals surface area contributed by atoms with Crippen LogP contribution in [0.15, 0.2) is 59.0 Å². The van der Waals surface area contributed by atoms with E-state index in [-0.39, 0.29) is 10.8 Å². The zero-order chi connectivity index (χ0) is 16.4. The van der Waals surface area contributed by atoms with Crippen LogP contribution in [0, 0.1) is 5.82 Å². The highest BCUT2D eigenvalue weighted by molar-refractivity contribution is 6.33. The van der Waals surface area contributed by atoms with Gasteiger partial charge in [0.25, 0.3) is 5.91 Å². The van der Waals surface area contributed by atoms with Crippen molar-refractivity contribution in [2.75, 3.05) is 5.32 Å². The molecule has 0 saturated carbocycles. The minimum absolute atomic E-state index is 0.0704. The molecule has 116 valence electrons. The average Bonchev–Trinajstić information content (AvgIpc) is 3.01. The van der Waals surface area contributed by atoms with E-state index in [1.165, 1.54) is 18.2 Å². The van der Waals surface area contributed by atoms with Gasteiger partial charge in [0, 0.05) is 11.3 Å². The number of hydrogen-bond acceptors (Lipinski definition) is 2. The predicted molar refractivity (Wildman–Crippen MR) is 88.5 cm³/mol. The highest BCUT2D eigenvalue weighted by Crippen LogP contribution is 2.29. The molecule has 0 atom stereocenters. The lowest BCUT2D eigenvalue weighted by Gasteiger charge is -2.04. The molecule has 0 fully saturated rings. The number of nitrogens with one attached hydrogen (secondary N) is 1. The Balaban J connectivity index is 1.81. The van der Waals surface area contributed by atoms with Gasteiger partial charge in [0.05, 0.1) is 10.0 Å². The van der Waals surface area contributed by atoms with Crippen molar-refractivity contribution < 1.29 is 13.6 Å². The SMILES string of the molecule is O=C(Nc1ccc(F)c(Cl)c1)c1ccc(-c2ccccc2Cl)o1. The van der Waals surface area contributed by atoms with E-state index in [4.69, 9.17) is 27.6 Å². The second kappa shape index (κ2) is 6.44. The van der Waals surface area contributed by atoms with E-state index in [2.05, 4.69) is 5.32 Å². The molecule has 0 aliphatic rings. The van der Waals surface area contributed by atoms with Gasteiger partial charge in [-0.2, -0.15) is 0 Å². The summed E-state index contributed by atoms with van der Waals surface area (Å²) in [5, 5.41) is 3.05. The van der Waals surface area contributed by atoms with Gasteiger partial charge in [0.15, 0.2) is 5.76 Å². The Labute approximate surface area is 141 Å². The molecule has 0 aliphatic heterocycles. The summed E-state index contributed by atoms with van der Waals surface area (Å²) in [6, 6.07) is 14.3. The number of anilines is 1. The van der Waals surface area contributed by atoms with Gasteiger partial charge in [-0.25, -0.2) is 4.39 Å². The van der Waals surface area contributed by atoms with Crippen LogP contribution >= 0.6 is 23.2 Å². The summed E-state index contributed by atoms with van der Waals surface area (Å²) < 4.78 is 18.6. The van der Waals surface area contributed by atoms with E-state index in [9.17, 15) is 9.18 Å². The van der Waals surface area contributed by atoms with Crippen LogP contribution in [0.25, 0.3) is 11.3 Å². The monoisotopic (exact) mass is 349 g/mol. The van der Waals surface area contributed by atoms with Gasteiger partial charge in [-0.3, -0.25) is 4.79 Å². The Bertz CT molecular complexity index is 877. The molecular formula is C17H10Cl2FNO2. The van der Waals surface area contributed by atoms with Crippen LogP contribution in [0.3, 0.4) is 0 Å². The van der Waals surface area contributed by atoms with Gasteiger partial charge >= 0.3 is 0 Å². The maximum atomic E-state index is 13.1. The van der Waals surface area contributed by atoms with Gasteiger partial charge in [0.2, 0.25) is 0 Å². The lowest BCUT2D eigenvalue weighted by molar-refractivity contribution is 0.0997. The quantitative estimate of drug-likeness (QED) is 0.664. The van der Waals surface area contributed by atoms with Crippen LogP contribution in [0.5, 0.6) is 0 Å². The summed E-state index contributed by atoms with van der Waals surface area (Å²) in [5.74, 6) is -0.423. The van der Waals surface area contributed by atoms with Gasteiger partial charge in [-0.1, -0.05) is 35.3 Å². The second-order valence-electron chi connectivity index (χ2n) is 4.73. The maximum absolute atomic E-state index is 13.1. The molecule has 1 aromatic heterocycles. The number of furan rings is 1. The van der Waals surface area contributed by atoms with Crippen molar-refractivity contribution in [1.82, 2.24) is 0 Å². The first-order valence-electron chi connectivity index (χ1n) is 6.66. The molecule has 0 bridgehead atoms. The second-order valence-corrected chi connectivity index (χ2v) is 5.54. The van der Waals surface area contributed by atoms with Gasteiger partial charge in [0.1, 0.15) is 11.6 Å². The highest BCUT2D eigenvalue weighted by Gasteiger charge is 2.14. The summed E-state index contributed by atoms with van der Waals surface area (Å²) in [7, 11) is 0. The van der Waals surface area contributed by atoms with E-state index in [0.717, 1.165) is 0 Å². The molecule has 0 unspecified atom stereocenters. The smallest absolute Gasteiger partial charge is 0.291 e. The fraction of sp³-hybridized carbons (Fsp3) is 0. The molecule has 0 spiro atoms. The molecule has 0 aliphatic carbocycles. The number of carbonyl (C=O) groups excluding carboxylic acids is 1. The van der Waals surface area contributed by atoms with Crippen molar-refractivity contribution in [1.29, 1.82) is 0 Å². The number of benzene rings is 2. The summed E-state index contributed by atoms with van der Waals surface area (Å²) in [6.45, 7) is 0. The third-order valence-electron chi connectivity index (χ3n) is 3.15. The standard InChI is InChI=1S/C17H10Cl2FNO2/c18-12-4-2-1-3-11(12)15-7-8-16(23-15)17(22)21-10-5-6-14(20)13(19)9-10/h1-9H,(H,21,22). The van der Waals surface area contributed by atoms with Crippen molar-refractivity contribution in [3.8, 4) is 11.3 Å². The number of amides is 1. The molecule has 0 saturated heterocycles. The van der Waals surface area contributed by atoms with E-state index in [0.29, 0.717) is 22.0 Å². The van der Waals surface area contributed by atoms with E-state index < -0.39 is 11.7 Å². The molecule has 3 rings (SSSR count). The van der Waals surface area contributed by atoms with Crippen LogP contribution in [0.4, 0.5) is 10.1 Å². The van der Waals surface area contributed by atoms with Crippen molar-refractivity contribution in [3.05, 3.63) is 76.2 Å². The van der Waals surface area contributed by atoms with Crippen LogP contribution < -0.4 is 5.32 Å².